The summed E-state index contributed by atoms with van der Waals surface area (Å²) in [4.78, 5) is 15.2. The number of hydrogen-bond acceptors (Lipinski definition) is 5. The first-order valence-corrected chi connectivity index (χ1v) is 6.82. The molecule has 0 aliphatic heterocycles. The fourth-order valence-electron chi connectivity index (χ4n) is 1.95. The monoisotopic (exact) mass is 290 g/mol. The second-order valence-electron chi connectivity index (χ2n) is 4.82. The molecule has 112 valence electrons. The minimum absolute atomic E-state index is 0.214. The molecule has 1 N–H and O–H groups in total. The van der Waals surface area contributed by atoms with Crippen LogP contribution in [0.4, 0.5) is 0 Å². The van der Waals surface area contributed by atoms with Crippen molar-refractivity contribution < 1.29 is 19.2 Å². The van der Waals surface area contributed by atoms with Crippen molar-refractivity contribution in [2.75, 3.05) is 6.61 Å². The van der Waals surface area contributed by atoms with Gasteiger partial charge in [0.25, 0.3) is 5.89 Å². The second kappa shape index (κ2) is 6.05. The van der Waals surface area contributed by atoms with E-state index in [0.717, 1.165) is 6.42 Å². The quantitative estimate of drug-likeness (QED) is 0.879. The summed E-state index contributed by atoms with van der Waals surface area (Å²) in [5.74, 6) is -0.131. The molecule has 0 amide bonds. The van der Waals surface area contributed by atoms with E-state index in [1.165, 1.54) is 12.1 Å². The Hall–Kier alpha value is -2.21. The van der Waals surface area contributed by atoms with Crippen LogP contribution in [0.5, 0.6) is 0 Å². The second-order valence-corrected chi connectivity index (χ2v) is 4.82. The van der Waals surface area contributed by atoms with Gasteiger partial charge in [-0.05, 0) is 44.5 Å². The van der Waals surface area contributed by atoms with Crippen LogP contribution < -0.4 is 0 Å². The van der Waals surface area contributed by atoms with Crippen LogP contribution in [0, 0.1) is 0 Å². The van der Waals surface area contributed by atoms with Crippen LogP contribution in [0.1, 0.15) is 43.4 Å². The largest absolute Gasteiger partial charge is 0.478 e. The molecule has 1 aromatic heterocycles. The molecule has 1 heterocycles. The third-order valence-corrected chi connectivity index (χ3v) is 3.42. The topological polar surface area (TPSA) is 85.5 Å². The molecule has 0 bridgehead atoms. The normalized spacial score (nSPS) is 13.9. The Balaban J connectivity index is 2.29. The van der Waals surface area contributed by atoms with Gasteiger partial charge in [0, 0.05) is 12.2 Å². The summed E-state index contributed by atoms with van der Waals surface area (Å²) in [5.41, 5.74) is 0.303. The Morgan fingerprint density at radius 3 is 2.52 bits per heavy atom. The maximum absolute atomic E-state index is 10.8. The summed E-state index contributed by atoms with van der Waals surface area (Å²) in [6.07, 6.45) is 0.720. The van der Waals surface area contributed by atoms with Gasteiger partial charge in [-0.1, -0.05) is 12.1 Å². The summed E-state index contributed by atoms with van der Waals surface area (Å²) in [6.45, 7) is 6.38. The SMILES string of the molecule is CCOC(C)(CC)c1noc(-c2ccc(C(=O)O)cc2)n1. The van der Waals surface area contributed by atoms with Gasteiger partial charge in [-0.2, -0.15) is 4.98 Å². The molecule has 0 fully saturated rings. The number of carbonyl (C=O) groups is 1. The maximum atomic E-state index is 10.8. The van der Waals surface area contributed by atoms with Crippen molar-refractivity contribution in [2.24, 2.45) is 0 Å². The highest BCUT2D eigenvalue weighted by atomic mass is 16.5. The van der Waals surface area contributed by atoms with Crippen LogP contribution in [0.15, 0.2) is 28.8 Å². The summed E-state index contributed by atoms with van der Waals surface area (Å²) >= 11 is 0. The highest BCUT2D eigenvalue weighted by Crippen LogP contribution is 2.28. The van der Waals surface area contributed by atoms with E-state index < -0.39 is 11.6 Å². The third-order valence-electron chi connectivity index (χ3n) is 3.42. The van der Waals surface area contributed by atoms with E-state index in [9.17, 15) is 4.79 Å². The molecule has 0 spiro atoms. The smallest absolute Gasteiger partial charge is 0.335 e. The first-order valence-electron chi connectivity index (χ1n) is 6.82. The molecule has 6 heteroatoms. The Kier molecular flexibility index (Phi) is 4.37. The maximum Gasteiger partial charge on any atom is 0.335 e. The molecule has 21 heavy (non-hydrogen) atoms. The number of nitrogens with zero attached hydrogens (tertiary/aromatic N) is 2. The fraction of sp³-hybridized carbons (Fsp3) is 0.400. The van der Waals surface area contributed by atoms with Gasteiger partial charge in [0.05, 0.1) is 5.56 Å². The number of ether oxygens (including phenoxy) is 1. The van der Waals surface area contributed by atoms with Crippen LogP contribution in [-0.2, 0) is 10.3 Å². The zero-order valence-electron chi connectivity index (χ0n) is 12.3. The molecule has 2 aromatic rings. The lowest BCUT2D eigenvalue weighted by molar-refractivity contribution is -0.0403. The van der Waals surface area contributed by atoms with Gasteiger partial charge in [0.15, 0.2) is 0 Å². The first-order chi connectivity index (χ1) is 10.00. The molecule has 0 saturated carbocycles. The average molecular weight is 290 g/mol. The van der Waals surface area contributed by atoms with Crippen molar-refractivity contribution in [3.63, 3.8) is 0 Å². The van der Waals surface area contributed by atoms with Crippen LogP contribution in [0.25, 0.3) is 11.5 Å². The van der Waals surface area contributed by atoms with Gasteiger partial charge >= 0.3 is 5.97 Å². The minimum atomic E-state index is -0.970. The predicted octanol–water partition coefficient (Wildman–Crippen LogP) is 3.10. The van der Waals surface area contributed by atoms with Gasteiger partial charge in [-0.15, -0.1) is 0 Å². The molecule has 0 saturated heterocycles. The molecule has 1 aromatic carbocycles. The van der Waals surface area contributed by atoms with E-state index in [1.54, 1.807) is 12.1 Å². The molecule has 1 unspecified atom stereocenters. The molecule has 6 nitrogen and oxygen atoms in total. The van der Waals surface area contributed by atoms with Gasteiger partial charge < -0.3 is 14.4 Å². The van der Waals surface area contributed by atoms with Crippen LogP contribution in [0.2, 0.25) is 0 Å². The fourth-order valence-corrected chi connectivity index (χ4v) is 1.95. The summed E-state index contributed by atoms with van der Waals surface area (Å²) < 4.78 is 11.0. The number of benzene rings is 1. The first kappa shape index (κ1) is 15.2. The Bertz CT molecular complexity index is 621. The van der Waals surface area contributed by atoms with Crippen molar-refractivity contribution in [2.45, 2.75) is 32.8 Å². The van der Waals surface area contributed by atoms with E-state index >= 15 is 0 Å². The van der Waals surface area contributed by atoms with Crippen LogP contribution in [-0.4, -0.2) is 27.8 Å². The Morgan fingerprint density at radius 1 is 1.33 bits per heavy atom. The minimum Gasteiger partial charge on any atom is -0.478 e. The molecular formula is C15H18N2O4. The zero-order valence-corrected chi connectivity index (χ0v) is 12.3. The van der Waals surface area contributed by atoms with Crippen molar-refractivity contribution >= 4 is 5.97 Å². The number of hydrogen-bond donors (Lipinski definition) is 1. The molecule has 1 atom stereocenters. The lowest BCUT2D eigenvalue weighted by Crippen LogP contribution is -2.26. The number of carboxylic acids is 1. The lowest BCUT2D eigenvalue weighted by Gasteiger charge is -2.23. The molecule has 0 aliphatic carbocycles. The Morgan fingerprint density at radius 2 is 2.00 bits per heavy atom. The van der Waals surface area contributed by atoms with Crippen molar-refractivity contribution in [1.82, 2.24) is 10.1 Å². The standard InChI is InChI=1S/C15H18N2O4/c1-4-15(3,20-5-2)14-16-12(21-17-14)10-6-8-11(9-7-10)13(18)19/h6-9H,4-5H2,1-3H3,(H,18,19). The molecule has 0 radical (unpaired) electrons. The number of aromatic nitrogens is 2. The average Bonchev–Trinajstić information content (AvgIpc) is 2.98. The van der Waals surface area contributed by atoms with Crippen LogP contribution >= 0.6 is 0 Å². The van der Waals surface area contributed by atoms with Crippen molar-refractivity contribution in [3.8, 4) is 11.5 Å². The van der Waals surface area contributed by atoms with Gasteiger partial charge in [0.2, 0.25) is 5.82 Å². The third kappa shape index (κ3) is 3.11. The lowest BCUT2D eigenvalue weighted by atomic mass is 10.0. The van der Waals surface area contributed by atoms with E-state index in [2.05, 4.69) is 10.1 Å². The molecule has 0 aliphatic rings. The summed E-state index contributed by atoms with van der Waals surface area (Å²) in [6, 6.07) is 6.29. The van der Waals surface area contributed by atoms with Crippen LogP contribution in [0.3, 0.4) is 0 Å². The van der Waals surface area contributed by atoms with E-state index in [0.29, 0.717) is 23.9 Å². The number of carboxylic acid groups (broad SMARTS) is 1. The van der Waals surface area contributed by atoms with E-state index in [4.69, 9.17) is 14.4 Å². The molecule has 2 rings (SSSR count). The van der Waals surface area contributed by atoms with Gasteiger partial charge in [0.1, 0.15) is 5.60 Å². The summed E-state index contributed by atoms with van der Waals surface area (Å²) in [7, 11) is 0. The highest BCUT2D eigenvalue weighted by Gasteiger charge is 2.31. The summed E-state index contributed by atoms with van der Waals surface area (Å²) in [5, 5.41) is 12.9. The van der Waals surface area contributed by atoms with Gasteiger partial charge in [-0.25, -0.2) is 4.79 Å². The zero-order chi connectivity index (χ0) is 15.5. The Labute approximate surface area is 122 Å². The van der Waals surface area contributed by atoms with E-state index in [1.807, 2.05) is 20.8 Å². The molecular weight excluding hydrogens is 272 g/mol. The van der Waals surface area contributed by atoms with Crippen molar-refractivity contribution in [1.29, 1.82) is 0 Å². The van der Waals surface area contributed by atoms with Gasteiger partial charge in [-0.3, -0.25) is 0 Å². The number of rotatable bonds is 6. The van der Waals surface area contributed by atoms with Crippen molar-refractivity contribution in [3.05, 3.63) is 35.7 Å². The predicted molar refractivity (Wildman–Crippen MR) is 76.0 cm³/mol. The highest BCUT2D eigenvalue weighted by molar-refractivity contribution is 5.88. The van der Waals surface area contributed by atoms with E-state index in [-0.39, 0.29) is 5.56 Å². The number of aromatic carboxylic acids is 1.